The maximum Gasteiger partial charge on any atom is 0.216 e. The Labute approximate surface area is 175 Å². The summed E-state index contributed by atoms with van der Waals surface area (Å²) in [5.41, 5.74) is 2.42. The molecule has 1 heterocycles. The SMILES string of the molecule is CCOc1ccc(-c2n[nH]c(=S)n2/N=C/c2ccc(N(CC)CC)cc2O)cc1. The van der Waals surface area contributed by atoms with Crippen LogP contribution in [-0.2, 0) is 0 Å². The average Bonchev–Trinajstić information content (AvgIpc) is 3.09. The third kappa shape index (κ3) is 4.65. The minimum atomic E-state index is 0.163. The molecular formula is C21H25N5O2S. The minimum Gasteiger partial charge on any atom is -0.507 e. The largest absolute Gasteiger partial charge is 0.507 e. The van der Waals surface area contributed by atoms with Crippen molar-refractivity contribution < 1.29 is 9.84 Å². The molecule has 8 heteroatoms. The predicted octanol–water partition coefficient (Wildman–Crippen LogP) is 4.44. The summed E-state index contributed by atoms with van der Waals surface area (Å²) in [6.07, 6.45) is 1.57. The smallest absolute Gasteiger partial charge is 0.216 e. The number of aromatic amines is 1. The van der Waals surface area contributed by atoms with Crippen molar-refractivity contribution in [2.75, 3.05) is 24.6 Å². The highest BCUT2D eigenvalue weighted by Gasteiger charge is 2.09. The van der Waals surface area contributed by atoms with Gasteiger partial charge in [0.05, 0.1) is 12.8 Å². The number of aromatic nitrogens is 3. The van der Waals surface area contributed by atoms with Crippen molar-refractivity contribution in [1.29, 1.82) is 0 Å². The molecule has 0 aliphatic rings. The van der Waals surface area contributed by atoms with Crippen LogP contribution in [0.5, 0.6) is 11.5 Å². The van der Waals surface area contributed by atoms with Crippen LogP contribution in [0.1, 0.15) is 26.3 Å². The normalized spacial score (nSPS) is 11.1. The highest BCUT2D eigenvalue weighted by molar-refractivity contribution is 7.71. The number of aromatic hydroxyl groups is 1. The Balaban J connectivity index is 1.88. The van der Waals surface area contributed by atoms with Gasteiger partial charge in [-0.05, 0) is 69.4 Å². The van der Waals surface area contributed by atoms with Gasteiger partial charge < -0.3 is 14.7 Å². The van der Waals surface area contributed by atoms with Gasteiger partial charge in [0, 0.05) is 36.0 Å². The Kier molecular flexibility index (Phi) is 6.66. The molecule has 2 aromatic carbocycles. The number of rotatable bonds is 8. The molecule has 0 spiro atoms. The molecule has 0 radical (unpaired) electrons. The summed E-state index contributed by atoms with van der Waals surface area (Å²) in [4.78, 5) is 2.16. The number of phenols is 1. The highest BCUT2D eigenvalue weighted by Crippen LogP contribution is 2.24. The zero-order valence-corrected chi connectivity index (χ0v) is 17.6. The van der Waals surface area contributed by atoms with E-state index in [1.54, 1.807) is 12.3 Å². The molecule has 0 amide bonds. The van der Waals surface area contributed by atoms with E-state index in [0.717, 1.165) is 30.1 Å². The van der Waals surface area contributed by atoms with E-state index in [9.17, 15) is 5.11 Å². The monoisotopic (exact) mass is 411 g/mol. The molecule has 0 atom stereocenters. The number of hydrogen-bond acceptors (Lipinski definition) is 6. The Morgan fingerprint density at radius 3 is 2.52 bits per heavy atom. The van der Waals surface area contributed by atoms with E-state index >= 15 is 0 Å². The van der Waals surface area contributed by atoms with E-state index < -0.39 is 0 Å². The molecule has 1 aromatic heterocycles. The summed E-state index contributed by atoms with van der Waals surface area (Å²) in [6.45, 7) is 8.46. The van der Waals surface area contributed by atoms with Gasteiger partial charge in [-0.3, -0.25) is 0 Å². The van der Waals surface area contributed by atoms with Crippen LogP contribution < -0.4 is 9.64 Å². The first-order valence-electron chi connectivity index (χ1n) is 9.60. The van der Waals surface area contributed by atoms with Gasteiger partial charge in [-0.15, -0.1) is 0 Å². The number of H-pyrrole nitrogens is 1. The standard InChI is InChI=1S/C21H25N5O2S/c1-4-25(5-2)17-10-7-16(19(27)13-17)14-22-26-20(23-24-21(26)29)15-8-11-18(12-9-15)28-6-3/h7-14,27H,4-6H2,1-3H3,(H,24,29)/b22-14+. The van der Waals surface area contributed by atoms with Crippen molar-refractivity contribution in [3.63, 3.8) is 0 Å². The molecule has 0 aliphatic heterocycles. The lowest BCUT2D eigenvalue weighted by Gasteiger charge is -2.21. The van der Waals surface area contributed by atoms with Crippen LogP contribution in [0.25, 0.3) is 11.4 Å². The van der Waals surface area contributed by atoms with E-state index in [1.807, 2.05) is 43.3 Å². The Morgan fingerprint density at radius 2 is 1.90 bits per heavy atom. The predicted molar refractivity (Wildman–Crippen MR) is 119 cm³/mol. The zero-order chi connectivity index (χ0) is 20.8. The van der Waals surface area contributed by atoms with Gasteiger partial charge in [-0.1, -0.05) is 0 Å². The quantitative estimate of drug-likeness (QED) is 0.423. The molecule has 3 aromatic rings. The van der Waals surface area contributed by atoms with Gasteiger partial charge in [0.2, 0.25) is 4.77 Å². The Morgan fingerprint density at radius 1 is 1.17 bits per heavy atom. The summed E-state index contributed by atoms with van der Waals surface area (Å²) in [5, 5.41) is 21.9. The summed E-state index contributed by atoms with van der Waals surface area (Å²) in [6, 6.07) is 13.1. The number of phenolic OH excluding ortho intramolecular Hbond substituents is 1. The lowest BCUT2D eigenvalue weighted by atomic mass is 10.2. The second kappa shape index (κ2) is 9.38. The third-order valence-corrected chi connectivity index (χ3v) is 4.79. The van der Waals surface area contributed by atoms with Crippen LogP contribution in [0.15, 0.2) is 47.6 Å². The molecule has 0 bridgehead atoms. The average molecular weight is 412 g/mol. The number of nitrogens with one attached hydrogen (secondary N) is 1. The van der Waals surface area contributed by atoms with Crippen LogP contribution in [0.2, 0.25) is 0 Å². The highest BCUT2D eigenvalue weighted by atomic mass is 32.1. The van der Waals surface area contributed by atoms with E-state index in [1.165, 1.54) is 4.68 Å². The van der Waals surface area contributed by atoms with Gasteiger partial charge in [0.1, 0.15) is 11.5 Å². The maximum absolute atomic E-state index is 10.4. The molecule has 0 aliphatic carbocycles. The fourth-order valence-corrected chi connectivity index (χ4v) is 3.18. The molecule has 0 saturated carbocycles. The Hall–Kier alpha value is -3.13. The van der Waals surface area contributed by atoms with Gasteiger partial charge in [0.25, 0.3) is 0 Å². The van der Waals surface area contributed by atoms with Gasteiger partial charge in [0.15, 0.2) is 5.82 Å². The summed E-state index contributed by atoms with van der Waals surface area (Å²) in [5.74, 6) is 1.53. The molecular weight excluding hydrogens is 386 g/mol. The molecule has 29 heavy (non-hydrogen) atoms. The number of nitrogens with zero attached hydrogens (tertiary/aromatic N) is 4. The van der Waals surface area contributed by atoms with Crippen LogP contribution in [0, 0.1) is 4.77 Å². The van der Waals surface area contributed by atoms with Crippen molar-refractivity contribution in [1.82, 2.24) is 14.9 Å². The summed E-state index contributed by atoms with van der Waals surface area (Å²) < 4.78 is 7.37. The van der Waals surface area contributed by atoms with Gasteiger partial charge in [-0.2, -0.15) is 14.9 Å². The first-order chi connectivity index (χ1) is 14.1. The lowest BCUT2D eigenvalue weighted by Crippen LogP contribution is -2.21. The second-order valence-electron chi connectivity index (χ2n) is 6.28. The number of benzene rings is 2. The van der Waals surface area contributed by atoms with Crippen molar-refractivity contribution >= 4 is 24.1 Å². The minimum absolute atomic E-state index is 0.163. The fourth-order valence-electron chi connectivity index (χ4n) is 3.00. The van der Waals surface area contributed by atoms with E-state index in [-0.39, 0.29) is 5.75 Å². The van der Waals surface area contributed by atoms with Crippen LogP contribution >= 0.6 is 12.2 Å². The van der Waals surface area contributed by atoms with E-state index in [0.29, 0.717) is 22.8 Å². The third-order valence-electron chi connectivity index (χ3n) is 4.53. The van der Waals surface area contributed by atoms with Crippen molar-refractivity contribution in [2.45, 2.75) is 20.8 Å². The molecule has 152 valence electrons. The first-order valence-corrected chi connectivity index (χ1v) is 10.0. The molecule has 0 fully saturated rings. The molecule has 3 rings (SSSR count). The van der Waals surface area contributed by atoms with Crippen LogP contribution in [-0.4, -0.2) is 45.9 Å². The summed E-state index contributed by atoms with van der Waals surface area (Å²) in [7, 11) is 0. The van der Waals surface area contributed by atoms with Crippen molar-refractivity contribution in [3.05, 3.63) is 52.8 Å². The maximum atomic E-state index is 10.4. The second-order valence-corrected chi connectivity index (χ2v) is 6.67. The number of anilines is 1. The molecule has 0 saturated heterocycles. The molecule has 2 N–H and O–H groups in total. The Bertz CT molecular complexity index is 1040. The zero-order valence-electron chi connectivity index (χ0n) is 16.8. The summed E-state index contributed by atoms with van der Waals surface area (Å²) >= 11 is 5.31. The number of hydrogen-bond donors (Lipinski definition) is 2. The van der Waals surface area contributed by atoms with Crippen LogP contribution in [0.3, 0.4) is 0 Å². The van der Waals surface area contributed by atoms with E-state index in [2.05, 4.69) is 34.0 Å². The van der Waals surface area contributed by atoms with Crippen LogP contribution in [0.4, 0.5) is 5.69 Å². The van der Waals surface area contributed by atoms with Gasteiger partial charge >= 0.3 is 0 Å². The number of ether oxygens (including phenoxy) is 1. The topological polar surface area (TPSA) is 78.7 Å². The fraction of sp³-hybridized carbons (Fsp3) is 0.286. The van der Waals surface area contributed by atoms with Crippen molar-refractivity contribution in [3.8, 4) is 22.9 Å². The molecule has 7 nitrogen and oxygen atoms in total. The van der Waals surface area contributed by atoms with E-state index in [4.69, 9.17) is 17.0 Å². The lowest BCUT2D eigenvalue weighted by molar-refractivity contribution is 0.340. The van der Waals surface area contributed by atoms with Crippen molar-refractivity contribution in [2.24, 2.45) is 5.10 Å². The first kappa shape index (κ1) is 20.6. The van der Waals surface area contributed by atoms with Gasteiger partial charge in [-0.25, -0.2) is 5.10 Å². The molecule has 0 unspecified atom stereocenters.